The van der Waals surface area contributed by atoms with Crippen molar-refractivity contribution in [3.63, 3.8) is 0 Å². The lowest BCUT2D eigenvalue weighted by atomic mass is 10.1. The molecule has 8 heteroatoms. The Morgan fingerprint density at radius 2 is 2.17 bits per heavy atom. The zero-order valence-electron chi connectivity index (χ0n) is 13.5. The van der Waals surface area contributed by atoms with Crippen molar-refractivity contribution in [1.82, 2.24) is 10.2 Å². The number of rotatable bonds is 5. The predicted octanol–water partition coefficient (Wildman–Crippen LogP) is 3.79. The van der Waals surface area contributed by atoms with Crippen molar-refractivity contribution < 1.29 is 14.3 Å². The summed E-state index contributed by atoms with van der Waals surface area (Å²) in [5.74, 6) is 0.470. The second-order valence-corrected chi connectivity index (χ2v) is 7.58. The van der Waals surface area contributed by atoms with Crippen LogP contribution in [0.15, 0.2) is 16.6 Å². The van der Waals surface area contributed by atoms with Crippen molar-refractivity contribution >= 4 is 38.3 Å². The SMILES string of the molecule is Cc1cc(Br)cc(C)c1OCC(=O)Nc1nnc(C2CCCO2)s1. The summed E-state index contributed by atoms with van der Waals surface area (Å²) in [6.07, 6.45) is 2.00. The molecule has 1 fully saturated rings. The molecule has 1 unspecified atom stereocenters. The molecule has 1 aliphatic rings. The lowest BCUT2D eigenvalue weighted by Gasteiger charge is -2.12. The van der Waals surface area contributed by atoms with E-state index in [1.165, 1.54) is 11.3 Å². The second kappa shape index (κ2) is 7.58. The number of hydrogen-bond donors (Lipinski definition) is 1. The van der Waals surface area contributed by atoms with Gasteiger partial charge in [-0.1, -0.05) is 27.3 Å². The van der Waals surface area contributed by atoms with Crippen LogP contribution < -0.4 is 10.1 Å². The predicted molar refractivity (Wildman–Crippen MR) is 95.6 cm³/mol. The van der Waals surface area contributed by atoms with Crippen LogP contribution in [0.2, 0.25) is 0 Å². The molecule has 2 heterocycles. The third kappa shape index (κ3) is 4.12. The van der Waals surface area contributed by atoms with E-state index in [1.54, 1.807) is 0 Å². The summed E-state index contributed by atoms with van der Waals surface area (Å²) >= 11 is 4.79. The quantitative estimate of drug-likeness (QED) is 0.809. The fourth-order valence-corrected chi connectivity index (χ4v) is 4.14. The van der Waals surface area contributed by atoms with E-state index in [4.69, 9.17) is 9.47 Å². The minimum absolute atomic E-state index is 0.0115. The summed E-state index contributed by atoms with van der Waals surface area (Å²) in [5, 5.41) is 12.1. The number of carbonyl (C=O) groups is 1. The number of nitrogens with one attached hydrogen (secondary N) is 1. The molecule has 24 heavy (non-hydrogen) atoms. The Morgan fingerprint density at radius 1 is 1.42 bits per heavy atom. The fraction of sp³-hybridized carbons (Fsp3) is 0.438. The van der Waals surface area contributed by atoms with E-state index in [1.807, 2.05) is 26.0 Å². The van der Waals surface area contributed by atoms with Crippen LogP contribution in [0.5, 0.6) is 5.75 Å². The minimum Gasteiger partial charge on any atom is -0.483 e. The summed E-state index contributed by atoms with van der Waals surface area (Å²) in [7, 11) is 0. The Bertz CT molecular complexity index is 721. The zero-order valence-corrected chi connectivity index (χ0v) is 15.9. The zero-order chi connectivity index (χ0) is 17.1. The Labute approximate surface area is 152 Å². The van der Waals surface area contributed by atoms with Crippen LogP contribution in [-0.4, -0.2) is 29.3 Å². The monoisotopic (exact) mass is 411 g/mol. The van der Waals surface area contributed by atoms with Crippen LogP contribution in [0, 0.1) is 13.8 Å². The lowest BCUT2D eigenvalue weighted by Crippen LogP contribution is -2.20. The van der Waals surface area contributed by atoms with Crippen LogP contribution in [0.4, 0.5) is 5.13 Å². The minimum atomic E-state index is -0.258. The van der Waals surface area contributed by atoms with Gasteiger partial charge in [-0.2, -0.15) is 0 Å². The molecule has 6 nitrogen and oxygen atoms in total. The van der Waals surface area contributed by atoms with E-state index in [2.05, 4.69) is 31.4 Å². The Kier molecular flexibility index (Phi) is 5.47. The van der Waals surface area contributed by atoms with Gasteiger partial charge in [-0.3, -0.25) is 10.1 Å². The van der Waals surface area contributed by atoms with Gasteiger partial charge >= 0.3 is 0 Å². The molecular formula is C16H18BrN3O3S. The van der Waals surface area contributed by atoms with Gasteiger partial charge in [0.05, 0.1) is 0 Å². The van der Waals surface area contributed by atoms with E-state index >= 15 is 0 Å². The fourth-order valence-electron chi connectivity index (χ4n) is 2.61. The molecule has 1 aromatic heterocycles. The molecular weight excluding hydrogens is 394 g/mol. The summed E-state index contributed by atoms with van der Waals surface area (Å²) in [4.78, 5) is 12.1. The first-order valence-corrected chi connectivity index (χ1v) is 9.28. The number of amides is 1. The molecule has 1 N–H and O–H groups in total. The maximum atomic E-state index is 12.1. The van der Waals surface area contributed by atoms with Crippen molar-refractivity contribution in [3.05, 3.63) is 32.7 Å². The first kappa shape index (κ1) is 17.3. The molecule has 1 aliphatic heterocycles. The Balaban J connectivity index is 1.56. The maximum absolute atomic E-state index is 12.1. The van der Waals surface area contributed by atoms with Crippen LogP contribution in [0.1, 0.15) is 35.1 Å². The van der Waals surface area contributed by atoms with Gasteiger partial charge in [0.25, 0.3) is 5.91 Å². The van der Waals surface area contributed by atoms with Crippen LogP contribution in [0.3, 0.4) is 0 Å². The normalized spacial score (nSPS) is 17.0. The number of aryl methyl sites for hydroxylation is 2. The molecule has 2 aromatic rings. The molecule has 0 radical (unpaired) electrons. The topological polar surface area (TPSA) is 73.3 Å². The summed E-state index contributed by atoms with van der Waals surface area (Å²) < 4.78 is 12.2. The highest BCUT2D eigenvalue weighted by molar-refractivity contribution is 9.10. The number of aromatic nitrogens is 2. The highest BCUT2D eigenvalue weighted by Crippen LogP contribution is 2.32. The molecule has 0 aliphatic carbocycles. The molecule has 1 amide bonds. The first-order chi connectivity index (χ1) is 11.5. The van der Waals surface area contributed by atoms with Crippen LogP contribution >= 0.6 is 27.3 Å². The van der Waals surface area contributed by atoms with Crippen molar-refractivity contribution in [2.75, 3.05) is 18.5 Å². The van der Waals surface area contributed by atoms with Gasteiger partial charge in [-0.05, 0) is 49.9 Å². The standard InChI is InChI=1S/C16H18BrN3O3S/c1-9-6-11(17)7-10(2)14(9)23-8-13(21)18-16-20-19-15(24-16)12-4-3-5-22-12/h6-7,12H,3-5,8H2,1-2H3,(H,18,20,21). The Hall–Kier alpha value is -1.51. The number of carbonyl (C=O) groups excluding carboxylic acids is 1. The summed E-state index contributed by atoms with van der Waals surface area (Å²) in [6.45, 7) is 4.58. The second-order valence-electron chi connectivity index (χ2n) is 5.65. The lowest BCUT2D eigenvalue weighted by molar-refractivity contribution is -0.118. The maximum Gasteiger partial charge on any atom is 0.264 e. The molecule has 1 aromatic carbocycles. The van der Waals surface area contributed by atoms with Crippen molar-refractivity contribution in [2.45, 2.75) is 32.8 Å². The number of benzene rings is 1. The number of hydrogen-bond acceptors (Lipinski definition) is 6. The van der Waals surface area contributed by atoms with Gasteiger partial charge in [-0.15, -0.1) is 10.2 Å². The highest BCUT2D eigenvalue weighted by atomic mass is 79.9. The number of halogens is 1. The van der Waals surface area contributed by atoms with E-state index < -0.39 is 0 Å². The average Bonchev–Trinajstić information content (AvgIpc) is 3.16. The van der Waals surface area contributed by atoms with Gasteiger partial charge in [0, 0.05) is 11.1 Å². The first-order valence-electron chi connectivity index (χ1n) is 7.67. The molecule has 0 spiro atoms. The van der Waals surface area contributed by atoms with Gasteiger partial charge in [0.1, 0.15) is 16.9 Å². The van der Waals surface area contributed by atoms with Crippen molar-refractivity contribution in [3.8, 4) is 5.75 Å². The molecule has 3 rings (SSSR count). The number of anilines is 1. The number of ether oxygens (including phenoxy) is 2. The van der Waals surface area contributed by atoms with Crippen LogP contribution in [-0.2, 0) is 9.53 Å². The Morgan fingerprint density at radius 3 is 2.83 bits per heavy atom. The van der Waals surface area contributed by atoms with E-state index in [0.29, 0.717) is 5.13 Å². The van der Waals surface area contributed by atoms with Gasteiger partial charge in [-0.25, -0.2) is 0 Å². The van der Waals surface area contributed by atoms with Gasteiger partial charge < -0.3 is 9.47 Å². The average molecular weight is 412 g/mol. The van der Waals surface area contributed by atoms with Gasteiger partial charge in [0.15, 0.2) is 6.61 Å². The molecule has 1 atom stereocenters. The highest BCUT2D eigenvalue weighted by Gasteiger charge is 2.22. The number of nitrogens with zero attached hydrogens (tertiary/aromatic N) is 2. The molecule has 1 saturated heterocycles. The van der Waals surface area contributed by atoms with Crippen molar-refractivity contribution in [2.24, 2.45) is 0 Å². The third-order valence-electron chi connectivity index (χ3n) is 3.66. The molecule has 128 valence electrons. The molecule has 0 bridgehead atoms. The molecule has 0 saturated carbocycles. The smallest absolute Gasteiger partial charge is 0.264 e. The van der Waals surface area contributed by atoms with Gasteiger partial charge in [0.2, 0.25) is 5.13 Å². The van der Waals surface area contributed by atoms with E-state index in [0.717, 1.165) is 45.8 Å². The summed E-state index contributed by atoms with van der Waals surface area (Å²) in [6, 6.07) is 3.91. The van der Waals surface area contributed by atoms with E-state index in [-0.39, 0.29) is 18.6 Å². The third-order valence-corrected chi connectivity index (χ3v) is 5.05. The van der Waals surface area contributed by atoms with E-state index in [9.17, 15) is 4.79 Å². The van der Waals surface area contributed by atoms with Crippen LogP contribution in [0.25, 0.3) is 0 Å². The summed E-state index contributed by atoms with van der Waals surface area (Å²) in [5.41, 5.74) is 1.96. The largest absolute Gasteiger partial charge is 0.483 e. The van der Waals surface area contributed by atoms with Crippen molar-refractivity contribution in [1.29, 1.82) is 0 Å².